The lowest BCUT2D eigenvalue weighted by molar-refractivity contribution is -0.146. The summed E-state index contributed by atoms with van der Waals surface area (Å²) >= 11 is 0. The van der Waals surface area contributed by atoms with Gasteiger partial charge in [-0.25, -0.2) is 5.48 Å². The number of benzene rings is 2. The van der Waals surface area contributed by atoms with Crippen LogP contribution in [0.4, 0.5) is 0 Å². The van der Waals surface area contributed by atoms with Crippen LogP contribution >= 0.6 is 0 Å². The van der Waals surface area contributed by atoms with Gasteiger partial charge >= 0.3 is 0 Å². The SMILES string of the molecule is N[C@@]1(c2ccc(OCc3ccnc4ccccc34)cc2)CCN(C(C(=O)NO)C2CCNCC2)C1=O. The van der Waals surface area contributed by atoms with Crippen molar-refractivity contribution in [1.29, 1.82) is 0 Å². The lowest BCUT2D eigenvalue weighted by Gasteiger charge is -2.36. The van der Waals surface area contributed by atoms with Crippen LogP contribution in [0.15, 0.2) is 60.8 Å². The number of rotatable bonds is 7. The zero-order valence-corrected chi connectivity index (χ0v) is 20.0. The Hall–Kier alpha value is -3.53. The Kier molecular flexibility index (Phi) is 6.86. The van der Waals surface area contributed by atoms with E-state index in [1.807, 2.05) is 54.6 Å². The molecule has 0 aliphatic carbocycles. The fourth-order valence-electron chi connectivity index (χ4n) is 5.42. The first-order valence-electron chi connectivity index (χ1n) is 12.3. The molecule has 2 saturated heterocycles. The molecule has 188 valence electrons. The minimum absolute atomic E-state index is 0.0373. The highest BCUT2D eigenvalue weighted by Crippen LogP contribution is 2.35. The summed E-state index contributed by atoms with van der Waals surface area (Å²) in [6.07, 6.45) is 3.65. The third-order valence-electron chi connectivity index (χ3n) is 7.44. The molecule has 2 aliphatic rings. The largest absolute Gasteiger partial charge is 0.489 e. The van der Waals surface area contributed by atoms with E-state index in [4.69, 9.17) is 10.5 Å². The molecule has 0 radical (unpaired) electrons. The maximum Gasteiger partial charge on any atom is 0.266 e. The van der Waals surface area contributed by atoms with Crippen molar-refractivity contribution in [2.24, 2.45) is 11.7 Å². The normalized spacial score (nSPS) is 21.5. The predicted octanol–water partition coefficient (Wildman–Crippen LogP) is 2.07. The molecule has 0 saturated carbocycles. The van der Waals surface area contributed by atoms with E-state index >= 15 is 0 Å². The first kappa shape index (κ1) is 24.2. The number of nitrogens with one attached hydrogen (secondary N) is 2. The Labute approximate surface area is 209 Å². The van der Waals surface area contributed by atoms with E-state index in [0.717, 1.165) is 42.4 Å². The minimum Gasteiger partial charge on any atom is -0.489 e. The maximum atomic E-state index is 13.5. The van der Waals surface area contributed by atoms with Crippen LogP contribution < -0.4 is 21.3 Å². The molecule has 3 aromatic rings. The van der Waals surface area contributed by atoms with Gasteiger partial charge < -0.3 is 20.7 Å². The number of hydroxylamine groups is 1. The number of amides is 2. The molecule has 2 amide bonds. The zero-order chi connectivity index (χ0) is 25.1. The number of fused-ring (bicyclic) bond motifs is 1. The van der Waals surface area contributed by atoms with Crippen molar-refractivity contribution in [1.82, 2.24) is 20.7 Å². The number of hydrogen-bond donors (Lipinski definition) is 4. The predicted molar refractivity (Wildman–Crippen MR) is 134 cm³/mol. The number of likely N-dealkylation sites (tertiary alicyclic amines) is 1. The van der Waals surface area contributed by atoms with Gasteiger partial charge in [-0.05, 0) is 68.1 Å². The number of ether oxygens (including phenoxy) is 1. The van der Waals surface area contributed by atoms with Crippen LogP contribution in [0.5, 0.6) is 5.75 Å². The molecule has 0 spiro atoms. The second-order valence-electron chi connectivity index (χ2n) is 9.53. The maximum absolute atomic E-state index is 13.5. The van der Waals surface area contributed by atoms with Gasteiger partial charge in [-0.2, -0.15) is 0 Å². The van der Waals surface area contributed by atoms with E-state index in [-0.39, 0.29) is 11.8 Å². The molecule has 2 fully saturated rings. The quantitative estimate of drug-likeness (QED) is 0.295. The van der Waals surface area contributed by atoms with Crippen LogP contribution in [0, 0.1) is 5.92 Å². The summed E-state index contributed by atoms with van der Waals surface area (Å²) < 4.78 is 6.01. The standard InChI is InChI=1S/C27H31N5O4/c28-27(12-16-32(26(27)34)24(25(33)31-35)18-9-13-29-14-10-18)20-5-7-21(8-6-20)36-17-19-11-15-30-23-4-2-1-3-22(19)23/h1-8,11,15,18,24,29,35H,9-10,12-14,16-17,28H2,(H,31,33)/t24?,27-/m1/s1. The molecule has 1 aromatic heterocycles. The van der Waals surface area contributed by atoms with Crippen LogP contribution in [0.1, 0.15) is 30.4 Å². The second kappa shape index (κ2) is 10.2. The Balaban J connectivity index is 1.30. The molecule has 1 unspecified atom stereocenters. The van der Waals surface area contributed by atoms with Crippen LogP contribution in [0.25, 0.3) is 10.9 Å². The summed E-state index contributed by atoms with van der Waals surface area (Å²) in [5.74, 6) is -0.235. The fraction of sp³-hybridized carbons (Fsp3) is 0.370. The van der Waals surface area contributed by atoms with Crippen LogP contribution in [-0.2, 0) is 21.7 Å². The summed E-state index contributed by atoms with van der Waals surface area (Å²) in [6.45, 7) is 2.28. The van der Waals surface area contributed by atoms with Crippen molar-refractivity contribution < 1.29 is 19.5 Å². The molecule has 9 nitrogen and oxygen atoms in total. The van der Waals surface area contributed by atoms with E-state index in [0.29, 0.717) is 30.9 Å². The molecule has 0 bridgehead atoms. The van der Waals surface area contributed by atoms with Crippen LogP contribution in [-0.4, -0.2) is 52.6 Å². The highest BCUT2D eigenvalue weighted by Gasteiger charge is 2.50. The first-order chi connectivity index (χ1) is 17.5. The molecule has 5 rings (SSSR count). The third-order valence-corrected chi connectivity index (χ3v) is 7.44. The van der Waals surface area contributed by atoms with Crippen molar-refractivity contribution in [3.8, 4) is 5.75 Å². The summed E-state index contributed by atoms with van der Waals surface area (Å²) in [5, 5.41) is 13.7. The molecule has 2 aromatic carbocycles. The van der Waals surface area contributed by atoms with Crippen molar-refractivity contribution in [2.45, 2.75) is 37.5 Å². The summed E-state index contributed by atoms with van der Waals surface area (Å²) in [6, 6.07) is 16.4. The van der Waals surface area contributed by atoms with Gasteiger partial charge in [-0.3, -0.25) is 19.8 Å². The van der Waals surface area contributed by atoms with Gasteiger partial charge in [0.1, 0.15) is 23.9 Å². The van der Waals surface area contributed by atoms with Crippen molar-refractivity contribution in [2.75, 3.05) is 19.6 Å². The van der Waals surface area contributed by atoms with Gasteiger partial charge in [0.25, 0.3) is 5.91 Å². The molecule has 36 heavy (non-hydrogen) atoms. The summed E-state index contributed by atoms with van der Waals surface area (Å²) in [7, 11) is 0. The Morgan fingerprint density at radius 2 is 1.94 bits per heavy atom. The zero-order valence-electron chi connectivity index (χ0n) is 20.0. The number of pyridine rings is 1. The summed E-state index contributed by atoms with van der Waals surface area (Å²) in [5.41, 5.74) is 9.80. The molecule has 2 atom stereocenters. The van der Waals surface area contributed by atoms with E-state index in [1.54, 1.807) is 16.6 Å². The highest BCUT2D eigenvalue weighted by atomic mass is 16.5. The van der Waals surface area contributed by atoms with Crippen molar-refractivity contribution in [3.63, 3.8) is 0 Å². The van der Waals surface area contributed by atoms with Crippen molar-refractivity contribution in [3.05, 3.63) is 71.9 Å². The molecule has 3 heterocycles. The monoisotopic (exact) mass is 489 g/mol. The average molecular weight is 490 g/mol. The number of nitrogens with zero attached hydrogens (tertiary/aromatic N) is 2. The Morgan fingerprint density at radius 3 is 2.69 bits per heavy atom. The van der Waals surface area contributed by atoms with Crippen LogP contribution in [0.2, 0.25) is 0 Å². The second-order valence-corrected chi connectivity index (χ2v) is 9.53. The van der Waals surface area contributed by atoms with E-state index in [1.165, 1.54) is 0 Å². The number of aromatic nitrogens is 1. The Bertz CT molecular complexity index is 1240. The molecule has 5 N–H and O–H groups in total. The van der Waals surface area contributed by atoms with Gasteiger partial charge in [0.05, 0.1) is 5.52 Å². The number of nitrogens with two attached hydrogens (primary N) is 1. The van der Waals surface area contributed by atoms with Gasteiger partial charge in [-0.1, -0.05) is 30.3 Å². The average Bonchev–Trinajstić information content (AvgIpc) is 3.23. The molecular weight excluding hydrogens is 458 g/mol. The Morgan fingerprint density at radius 1 is 1.19 bits per heavy atom. The highest BCUT2D eigenvalue weighted by molar-refractivity contribution is 5.94. The van der Waals surface area contributed by atoms with E-state index in [2.05, 4.69) is 10.3 Å². The lowest BCUT2D eigenvalue weighted by Crippen LogP contribution is -2.56. The van der Waals surface area contributed by atoms with Crippen molar-refractivity contribution >= 4 is 22.7 Å². The minimum atomic E-state index is -1.24. The third kappa shape index (κ3) is 4.53. The van der Waals surface area contributed by atoms with Crippen LogP contribution in [0.3, 0.4) is 0 Å². The van der Waals surface area contributed by atoms with Gasteiger partial charge in [0.2, 0.25) is 5.91 Å². The van der Waals surface area contributed by atoms with Gasteiger partial charge in [-0.15, -0.1) is 0 Å². The van der Waals surface area contributed by atoms with Gasteiger partial charge in [0, 0.05) is 23.7 Å². The summed E-state index contributed by atoms with van der Waals surface area (Å²) in [4.78, 5) is 32.0. The first-order valence-corrected chi connectivity index (χ1v) is 12.3. The fourth-order valence-corrected chi connectivity index (χ4v) is 5.42. The number of carbonyl (C=O) groups is 2. The lowest BCUT2D eigenvalue weighted by atomic mass is 9.87. The van der Waals surface area contributed by atoms with Gasteiger partial charge in [0.15, 0.2) is 0 Å². The molecular formula is C27H31N5O4. The number of para-hydroxylation sites is 1. The topological polar surface area (TPSA) is 130 Å². The number of piperidine rings is 1. The smallest absolute Gasteiger partial charge is 0.266 e. The van der Waals surface area contributed by atoms with E-state index in [9.17, 15) is 14.8 Å². The van der Waals surface area contributed by atoms with E-state index < -0.39 is 17.5 Å². The number of carbonyl (C=O) groups excluding carboxylic acids is 2. The molecule has 2 aliphatic heterocycles. The number of hydrogen-bond acceptors (Lipinski definition) is 7. The molecule has 9 heteroatoms.